The Labute approximate surface area is 120 Å². The van der Waals surface area contributed by atoms with Crippen LogP contribution in [-0.4, -0.2) is 46.3 Å². The van der Waals surface area contributed by atoms with Crippen LogP contribution in [0.3, 0.4) is 0 Å². The molecule has 0 aliphatic carbocycles. The molecular formula is C8H14BrN5O2S2. The minimum Gasteiger partial charge on any atom is -0.393 e. The van der Waals surface area contributed by atoms with Crippen LogP contribution in [0.1, 0.15) is 6.92 Å². The second kappa shape index (κ2) is 5.59. The number of halogens is 1. The Morgan fingerprint density at radius 1 is 1.67 bits per heavy atom. The van der Waals surface area contributed by atoms with Crippen LogP contribution in [0.25, 0.3) is 0 Å². The molecule has 0 aliphatic rings. The zero-order valence-electron chi connectivity index (χ0n) is 10.2. The van der Waals surface area contributed by atoms with Crippen LogP contribution in [0.2, 0.25) is 0 Å². The molecule has 1 atom stereocenters. The second-order valence-electron chi connectivity index (χ2n) is 3.90. The van der Waals surface area contributed by atoms with Crippen LogP contribution in [0.4, 0.5) is 0 Å². The van der Waals surface area contributed by atoms with Gasteiger partial charge >= 0.3 is 0 Å². The van der Waals surface area contributed by atoms with Crippen molar-refractivity contribution in [2.75, 3.05) is 13.6 Å². The van der Waals surface area contributed by atoms with Gasteiger partial charge < -0.3 is 5.73 Å². The zero-order valence-corrected chi connectivity index (χ0v) is 13.4. The molecule has 0 aliphatic heterocycles. The number of thiocarbonyl (C=S) groups is 1. The fourth-order valence-corrected chi connectivity index (χ4v) is 3.67. The Bertz CT molecular complexity index is 536. The van der Waals surface area contributed by atoms with Crippen LogP contribution in [0, 0.1) is 5.92 Å². The standard InChI is InChI=1S/C8H14BrN5O2S2/c1-5(7(10)17)4-13(2)18(15,16)8-6(9)11-12-14(8)3/h5H,4H2,1-3H3,(H2,10,17). The normalized spacial score (nSPS) is 13.8. The molecule has 1 rings (SSSR count). The highest BCUT2D eigenvalue weighted by Crippen LogP contribution is 2.21. The lowest BCUT2D eigenvalue weighted by atomic mass is 10.2. The van der Waals surface area contributed by atoms with E-state index in [1.807, 2.05) is 0 Å². The summed E-state index contributed by atoms with van der Waals surface area (Å²) in [5, 5.41) is 7.30. The van der Waals surface area contributed by atoms with Crippen LogP contribution in [0.5, 0.6) is 0 Å². The van der Waals surface area contributed by atoms with Gasteiger partial charge in [-0.05, 0) is 15.9 Å². The molecule has 0 fully saturated rings. The van der Waals surface area contributed by atoms with Gasteiger partial charge in [0.1, 0.15) is 0 Å². The SMILES string of the molecule is CC(CN(C)S(=O)(=O)c1c(Br)nnn1C)C(N)=S. The van der Waals surface area contributed by atoms with Crippen molar-refractivity contribution >= 4 is 43.2 Å². The molecule has 0 amide bonds. The lowest BCUT2D eigenvalue weighted by molar-refractivity contribution is 0.437. The van der Waals surface area contributed by atoms with Crippen molar-refractivity contribution in [3.63, 3.8) is 0 Å². The van der Waals surface area contributed by atoms with Crippen LogP contribution in [0.15, 0.2) is 9.63 Å². The summed E-state index contributed by atoms with van der Waals surface area (Å²) < 4.78 is 27.2. The zero-order chi connectivity index (χ0) is 14.1. The molecule has 0 bridgehead atoms. The Morgan fingerprint density at radius 3 is 2.61 bits per heavy atom. The lowest BCUT2D eigenvalue weighted by Gasteiger charge is -2.20. The molecule has 0 saturated heterocycles. The lowest BCUT2D eigenvalue weighted by Crippen LogP contribution is -2.36. The first-order valence-corrected chi connectivity index (χ1v) is 7.63. The second-order valence-corrected chi connectivity index (χ2v) is 7.08. The molecule has 1 aromatic rings. The van der Waals surface area contributed by atoms with Gasteiger partial charge in [-0.3, -0.25) is 0 Å². The van der Waals surface area contributed by atoms with E-state index in [1.54, 1.807) is 6.92 Å². The third-order valence-electron chi connectivity index (χ3n) is 2.41. The number of rotatable bonds is 5. The van der Waals surface area contributed by atoms with E-state index in [4.69, 9.17) is 18.0 Å². The van der Waals surface area contributed by atoms with Gasteiger partial charge in [0.15, 0.2) is 4.60 Å². The van der Waals surface area contributed by atoms with Crippen LogP contribution in [-0.2, 0) is 17.1 Å². The molecule has 102 valence electrons. The molecule has 0 aromatic carbocycles. The first kappa shape index (κ1) is 15.5. The summed E-state index contributed by atoms with van der Waals surface area (Å²) in [4.78, 5) is 0.277. The quantitative estimate of drug-likeness (QED) is 0.754. The largest absolute Gasteiger partial charge is 0.393 e. The minimum absolute atomic E-state index is 0.000129. The molecule has 1 unspecified atom stereocenters. The van der Waals surface area contributed by atoms with E-state index in [0.29, 0.717) is 0 Å². The van der Waals surface area contributed by atoms with E-state index < -0.39 is 10.0 Å². The Hall–Kier alpha value is -0.580. The molecule has 7 nitrogen and oxygen atoms in total. The third kappa shape index (κ3) is 3.05. The van der Waals surface area contributed by atoms with Crippen molar-refractivity contribution in [1.29, 1.82) is 0 Å². The summed E-state index contributed by atoms with van der Waals surface area (Å²) in [6, 6.07) is 0. The molecule has 10 heteroatoms. The van der Waals surface area contributed by atoms with Gasteiger partial charge in [-0.15, -0.1) is 5.10 Å². The van der Waals surface area contributed by atoms with E-state index >= 15 is 0 Å². The number of sulfonamides is 1. The molecule has 0 saturated carbocycles. The number of nitrogens with two attached hydrogens (primary N) is 1. The number of nitrogens with zero attached hydrogens (tertiary/aromatic N) is 4. The summed E-state index contributed by atoms with van der Waals surface area (Å²) >= 11 is 7.89. The maximum absolute atomic E-state index is 12.3. The monoisotopic (exact) mass is 355 g/mol. The number of aryl methyl sites for hydroxylation is 1. The third-order valence-corrected chi connectivity index (χ3v) is 5.52. The highest BCUT2D eigenvalue weighted by Gasteiger charge is 2.29. The molecule has 0 radical (unpaired) electrons. The molecule has 2 N–H and O–H groups in total. The van der Waals surface area contributed by atoms with Crippen LogP contribution >= 0.6 is 28.1 Å². The summed E-state index contributed by atoms with van der Waals surface area (Å²) in [5.74, 6) is -0.209. The predicted octanol–water partition coefficient (Wildman–Crippen LogP) is 0.120. The maximum Gasteiger partial charge on any atom is 0.262 e. The van der Waals surface area contributed by atoms with Crippen LogP contribution < -0.4 is 5.73 Å². The first-order valence-electron chi connectivity index (χ1n) is 4.98. The highest BCUT2D eigenvalue weighted by atomic mass is 79.9. The van der Waals surface area contributed by atoms with Gasteiger partial charge in [-0.2, -0.15) is 4.31 Å². The van der Waals surface area contributed by atoms with E-state index in [-0.39, 0.29) is 27.1 Å². The topological polar surface area (TPSA) is 94.1 Å². The summed E-state index contributed by atoms with van der Waals surface area (Å²) in [6.45, 7) is 1.97. The average molecular weight is 356 g/mol. The summed E-state index contributed by atoms with van der Waals surface area (Å²) in [7, 11) is -0.705. The average Bonchev–Trinajstić information content (AvgIpc) is 2.58. The van der Waals surface area contributed by atoms with Crippen molar-refractivity contribution in [2.45, 2.75) is 11.9 Å². The number of aromatic nitrogens is 3. The molecule has 1 heterocycles. The van der Waals surface area contributed by atoms with E-state index in [9.17, 15) is 8.42 Å². The highest BCUT2D eigenvalue weighted by molar-refractivity contribution is 9.10. The molecule has 1 aromatic heterocycles. The smallest absolute Gasteiger partial charge is 0.262 e. The fourth-order valence-electron chi connectivity index (χ4n) is 1.32. The van der Waals surface area contributed by atoms with Gasteiger partial charge in [-0.1, -0.05) is 24.4 Å². The summed E-state index contributed by atoms with van der Waals surface area (Å²) in [5.41, 5.74) is 5.48. The van der Waals surface area contributed by atoms with Crippen molar-refractivity contribution in [3.8, 4) is 0 Å². The van der Waals surface area contributed by atoms with Crippen molar-refractivity contribution < 1.29 is 8.42 Å². The molecule has 0 spiro atoms. The Kier molecular flexibility index (Phi) is 4.81. The van der Waals surface area contributed by atoms with Gasteiger partial charge in [0.25, 0.3) is 10.0 Å². The van der Waals surface area contributed by atoms with Crippen molar-refractivity contribution in [3.05, 3.63) is 4.60 Å². The van der Waals surface area contributed by atoms with Gasteiger partial charge in [0.2, 0.25) is 5.03 Å². The molecular weight excluding hydrogens is 342 g/mol. The first-order chi connectivity index (χ1) is 8.17. The number of hydrogen-bond donors (Lipinski definition) is 1. The fraction of sp³-hybridized carbons (Fsp3) is 0.625. The Balaban J connectivity index is 3.05. The van der Waals surface area contributed by atoms with E-state index in [2.05, 4.69) is 26.2 Å². The maximum atomic E-state index is 12.3. The number of hydrogen-bond acceptors (Lipinski definition) is 5. The van der Waals surface area contributed by atoms with Gasteiger partial charge in [0, 0.05) is 26.6 Å². The predicted molar refractivity (Wildman–Crippen MR) is 74.5 cm³/mol. The van der Waals surface area contributed by atoms with Gasteiger partial charge in [0.05, 0.1) is 4.99 Å². The minimum atomic E-state index is -3.68. The van der Waals surface area contributed by atoms with E-state index in [1.165, 1.54) is 23.1 Å². The van der Waals surface area contributed by atoms with E-state index in [0.717, 1.165) is 0 Å². The summed E-state index contributed by atoms with van der Waals surface area (Å²) in [6.07, 6.45) is 0. The Morgan fingerprint density at radius 2 is 2.22 bits per heavy atom. The van der Waals surface area contributed by atoms with Gasteiger partial charge in [-0.25, -0.2) is 13.1 Å². The molecule has 18 heavy (non-hydrogen) atoms. The van der Waals surface area contributed by atoms with Crippen molar-refractivity contribution in [1.82, 2.24) is 19.3 Å². The van der Waals surface area contributed by atoms with Crippen molar-refractivity contribution in [2.24, 2.45) is 18.7 Å².